The number of alkyl halides is 3. The molecule has 0 spiro atoms. The van der Waals surface area contributed by atoms with Crippen molar-refractivity contribution >= 4 is 39.4 Å². The van der Waals surface area contributed by atoms with Crippen LogP contribution in [0.4, 0.5) is 18.9 Å². The van der Waals surface area contributed by atoms with Crippen LogP contribution in [0, 0.1) is 0 Å². The van der Waals surface area contributed by atoms with Crippen molar-refractivity contribution < 1.29 is 36.9 Å². The summed E-state index contributed by atoms with van der Waals surface area (Å²) in [7, 11) is 3.17. The van der Waals surface area contributed by atoms with Crippen LogP contribution < -0.4 is 18.9 Å². The second-order valence-corrected chi connectivity index (χ2v) is 14.9. The molecule has 0 aliphatic carbocycles. The number of hydrogen-bond donors (Lipinski definition) is 0. The zero-order valence-electron chi connectivity index (χ0n) is 30.7. The minimum absolute atomic E-state index is 0.00689. The van der Waals surface area contributed by atoms with Crippen LogP contribution in [0.1, 0.15) is 54.4 Å². The van der Waals surface area contributed by atoms with Crippen molar-refractivity contribution in [1.29, 1.82) is 0 Å². The first-order chi connectivity index (χ1) is 26.2. The molecule has 288 valence electrons. The van der Waals surface area contributed by atoms with Gasteiger partial charge in [-0.15, -0.1) is 11.3 Å². The van der Waals surface area contributed by atoms with E-state index in [1.165, 1.54) is 17.4 Å². The van der Waals surface area contributed by atoms with E-state index in [-0.39, 0.29) is 11.9 Å². The molecule has 4 aromatic rings. The predicted octanol–water partition coefficient (Wildman–Crippen LogP) is 7.96. The molecule has 7 rings (SSSR count). The van der Waals surface area contributed by atoms with Crippen LogP contribution in [0.25, 0.3) is 20.8 Å². The normalized spacial score (nSPS) is 17.8. The Bertz CT molecular complexity index is 1960. The fourth-order valence-corrected chi connectivity index (χ4v) is 8.24. The molecular weight excluding hydrogens is 720 g/mol. The minimum atomic E-state index is -4.39. The summed E-state index contributed by atoms with van der Waals surface area (Å²) in [4.78, 5) is 29.2. The smallest absolute Gasteiger partial charge is 0.416 e. The standard InChI is InChI=1S/C40H46F3N5O5S/c1-50-34-22-27(38-45-31-11-10-28(40(41,42)43)23-37(31)54-38)9-12-33(34)52-20-5-3-13-46-16-18-47(19-17-46)14-4-6-21-53-36-25-32-30(24-35(36)51-2)39(49)48-15-7-8-29(48)26-44-32/h9-12,22-26,29H,3-8,13-21H2,1-2H3/t29-/m0/s1. The van der Waals surface area contributed by atoms with Crippen molar-refractivity contribution in [3.63, 3.8) is 0 Å². The number of nitrogens with zero attached hydrogens (tertiary/aromatic N) is 5. The van der Waals surface area contributed by atoms with E-state index in [4.69, 9.17) is 18.9 Å². The van der Waals surface area contributed by atoms with E-state index in [1.807, 2.05) is 35.4 Å². The summed E-state index contributed by atoms with van der Waals surface area (Å²) in [6.45, 7) is 8.10. The first-order valence-corrected chi connectivity index (χ1v) is 19.5. The summed E-state index contributed by atoms with van der Waals surface area (Å²) in [6.07, 6.45) is 3.32. The van der Waals surface area contributed by atoms with E-state index in [0.29, 0.717) is 62.7 Å². The molecule has 1 atom stereocenters. The molecule has 1 aromatic heterocycles. The number of thiazole rings is 1. The number of benzene rings is 3. The lowest BCUT2D eigenvalue weighted by Crippen LogP contribution is -2.46. The average molecular weight is 766 g/mol. The summed E-state index contributed by atoms with van der Waals surface area (Å²) in [6, 6.07) is 12.8. The Labute approximate surface area is 317 Å². The summed E-state index contributed by atoms with van der Waals surface area (Å²) < 4.78 is 63.3. The molecule has 0 N–H and O–H groups in total. The zero-order valence-corrected chi connectivity index (χ0v) is 31.5. The lowest BCUT2D eigenvalue weighted by atomic mass is 10.1. The van der Waals surface area contributed by atoms with Gasteiger partial charge in [-0.25, -0.2) is 4.98 Å². The van der Waals surface area contributed by atoms with Crippen molar-refractivity contribution in [3.8, 4) is 33.6 Å². The van der Waals surface area contributed by atoms with E-state index in [9.17, 15) is 18.0 Å². The summed E-state index contributed by atoms with van der Waals surface area (Å²) in [5.41, 5.74) is 1.82. The van der Waals surface area contributed by atoms with E-state index >= 15 is 0 Å². The Balaban J connectivity index is 0.787. The van der Waals surface area contributed by atoms with Gasteiger partial charge in [0.2, 0.25) is 0 Å². The second-order valence-electron chi connectivity index (χ2n) is 13.9. The monoisotopic (exact) mass is 765 g/mol. The van der Waals surface area contributed by atoms with E-state index < -0.39 is 11.7 Å². The number of hydrogen-bond acceptors (Lipinski definition) is 10. The number of halogens is 3. The lowest BCUT2D eigenvalue weighted by Gasteiger charge is -2.34. The SMILES string of the molecule is COc1cc(-c2nc3ccc(C(F)(F)F)cc3s2)ccc1OCCCCN1CCN(CCCCOc2cc3c(cc2OC)C(=O)N2CCC[C@H]2C=N3)CC1. The largest absolute Gasteiger partial charge is 0.493 e. The molecule has 0 bridgehead atoms. The highest BCUT2D eigenvalue weighted by Crippen LogP contribution is 2.40. The van der Waals surface area contributed by atoms with Crippen LogP contribution in [0.5, 0.6) is 23.0 Å². The fraction of sp³-hybridized carbons (Fsp3) is 0.475. The van der Waals surface area contributed by atoms with Gasteiger partial charge in [-0.1, -0.05) is 0 Å². The molecule has 2 fully saturated rings. The van der Waals surface area contributed by atoms with Crippen LogP contribution in [0.15, 0.2) is 53.5 Å². The highest BCUT2D eigenvalue weighted by molar-refractivity contribution is 7.21. The number of aromatic nitrogens is 1. The molecule has 4 heterocycles. The van der Waals surface area contributed by atoms with Crippen molar-refractivity contribution in [2.75, 3.05) is 73.2 Å². The first kappa shape index (κ1) is 37.9. The van der Waals surface area contributed by atoms with E-state index in [0.717, 1.165) is 102 Å². The molecule has 2 saturated heterocycles. The Morgan fingerprint density at radius 2 is 1.48 bits per heavy atom. The number of amides is 1. The molecule has 3 aliphatic rings. The molecule has 1 amide bonds. The number of rotatable bonds is 15. The maximum atomic E-state index is 13.2. The number of fused-ring (bicyclic) bond motifs is 3. The predicted molar refractivity (Wildman–Crippen MR) is 204 cm³/mol. The van der Waals surface area contributed by atoms with Gasteiger partial charge in [0.05, 0.1) is 60.5 Å². The van der Waals surface area contributed by atoms with Gasteiger partial charge >= 0.3 is 6.18 Å². The summed E-state index contributed by atoms with van der Waals surface area (Å²) in [5.74, 6) is 2.38. The Morgan fingerprint density at radius 3 is 2.17 bits per heavy atom. The van der Waals surface area contributed by atoms with Crippen LogP contribution >= 0.6 is 11.3 Å². The van der Waals surface area contributed by atoms with Crippen molar-refractivity contribution in [1.82, 2.24) is 19.7 Å². The average Bonchev–Trinajstić information content (AvgIpc) is 3.81. The minimum Gasteiger partial charge on any atom is -0.493 e. The number of unbranched alkanes of at least 4 members (excludes halogenated alkanes) is 2. The van der Waals surface area contributed by atoms with E-state index in [2.05, 4.69) is 19.8 Å². The third-order valence-electron chi connectivity index (χ3n) is 10.3. The molecular formula is C40H46F3N5O5S. The third kappa shape index (κ3) is 8.76. The van der Waals surface area contributed by atoms with Crippen LogP contribution in [-0.4, -0.2) is 111 Å². The van der Waals surface area contributed by atoms with Crippen molar-refractivity contribution in [2.24, 2.45) is 4.99 Å². The van der Waals surface area contributed by atoms with Crippen LogP contribution in [-0.2, 0) is 6.18 Å². The zero-order chi connectivity index (χ0) is 37.7. The topological polar surface area (TPSA) is 89.0 Å². The van der Waals surface area contributed by atoms with Crippen molar-refractivity contribution in [2.45, 2.75) is 50.7 Å². The van der Waals surface area contributed by atoms with Gasteiger partial charge in [-0.2, -0.15) is 13.2 Å². The summed E-state index contributed by atoms with van der Waals surface area (Å²) in [5, 5.41) is 0.622. The van der Waals surface area contributed by atoms with Gasteiger partial charge in [0.15, 0.2) is 23.0 Å². The molecule has 10 nitrogen and oxygen atoms in total. The number of methoxy groups -OCH3 is 2. The number of carbonyl (C=O) groups excluding carboxylic acids is 1. The number of aliphatic imine (C=N–C) groups is 1. The maximum Gasteiger partial charge on any atom is 0.416 e. The van der Waals surface area contributed by atoms with Gasteiger partial charge < -0.3 is 33.6 Å². The van der Waals surface area contributed by atoms with Gasteiger partial charge in [0.25, 0.3) is 5.91 Å². The molecule has 54 heavy (non-hydrogen) atoms. The van der Waals surface area contributed by atoms with Crippen LogP contribution in [0.2, 0.25) is 0 Å². The number of ether oxygens (including phenoxy) is 4. The molecule has 0 radical (unpaired) electrons. The van der Waals surface area contributed by atoms with Crippen molar-refractivity contribution in [3.05, 3.63) is 59.7 Å². The number of carbonyl (C=O) groups is 1. The highest BCUT2D eigenvalue weighted by atomic mass is 32.1. The summed E-state index contributed by atoms with van der Waals surface area (Å²) >= 11 is 1.22. The quantitative estimate of drug-likeness (QED) is 0.113. The molecule has 0 unspecified atom stereocenters. The van der Waals surface area contributed by atoms with Gasteiger partial charge in [-0.05, 0) is 94.1 Å². The molecule has 0 saturated carbocycles. The van der Waals surface area contributed by atoms with Gasteiger partial charge in [-0.3, -0.25) is 9.79 Å². The Morgan fingerprint density at radius 1 is 0.796 bits per heavy atom. The molecule has 14 heteroatoms. The third-order valence-corrected chi connectivity index (χ3v) is 11.4. The lowest BCUT2D eigenvalue weighted by molar-refractivity contribution is -0.137. The second kappa shape index (κ2) is 17.0. The Kier molecular flexibility index (Phi) is 11.9. The first-order valence-electron chi connectivity index (χ1n) is 18.6. The Hall–Kier alpha value is -4.40. The highest BCUT2D eigenvalue weighted by Gasteiger charge is 2.33. The van der Waals surface area contributed by atoms with E-state index in [1.54, 1.807) is 20.3 Å². The molecule has 3 aliphatic heterocycles. The molecule has 3 aromatic carbocycles. The van der Waals surface area contributed by atoms with Crippen LogP contribution in [0.3, 0.4) is 0 Å². The fourth-order valence-electron chi connectivity index (χ4n) is 7.24. The maximum absolute atomic E-state index is 13.2. The van der Waals surface area contributed by atoms with Gasteiger partial charge in [0.1, 0.15) is 5.01 Å². The van der Waals surface area contributed by atoms with Gasteiger partial charge in [0, 0.05) is 50.6 Å². The number of piperazine rings is 1.